The molecular weight excluding hydrogens is 380 g/mol. The Hall–Kier alpha value is -0.770. The zero-order valence-electron chi connectivity index (χ0n) is 9.85. The van der Waals surface area contributed by atoms with Gasteiger partial charge in [0.25, 0.3) is 6.43 Å². The number of rotatable bonds is 4. The van der Waals surface area contributed by atoms with Crippen molar-refractivity contribution in [3.05, 3.63) is 27.3 Å². The van der Waals surface area contributed by atoms with Gasteiger partial charge in [0.15, 0.2) is 0 Å². The monoisotopic (exact) mass is 387 g/mol. The molecule has 2 N–H and O–H groups in total. The lowest BCUT2D eigenvalue weighted by Crippen LogP contribution is -2.15. The van der Waals surface area contributed by atoms with E-state index in [0.29, 0.717) is 15.4 Å². The third-order valence-corrected chi connectivity index (χ3v) is 4.15. The van der Waals surface area contributed by atoms with Crippen LogP contribution in [0.1, 0.15) is 5.69 Å². The summed E-state index contributed by atoms with van der Waals surface area (Å²) < 4.78 is 49.1. The standard InChI is InChI=1S/C10H9BrClF2N3O2S/c11-5-1-2-6(12)9-7(4-20(15,18)19)16-17(10(5)9)3-8(13)14/h1-2,8H,3-4H2,(H2,15,18,19). The molecule has 0 atom stereocenters. The van der Waals surface area contributed by atoms with Crippen molar-refractivity contribution in [1.29, 1.82) is 0 Å². The molecule has 0 aliphatic rings. The topological polar surface area (TPSA) is 78.0 Å². The maximum absolute atomic E-state index is 12.6. The zero-order chi connectivity index (χ0) is 15.1. The van der Waals surface area contributed by atoms with Crippen LogP contribution in [0, 0.1) is 0 Å². The zero-order valence-corrected chi connectivity index (χ0v) is 13.0. The predicted octanol–water partition coefficient (Wildman–Crippen LogP) is 2.51. The molecule has 5 nitrogen and oxygen atoms in total. The lowest BCUT2D eigenvalue weighted by Gasteiger charge is -2.04. The predicted molar refractivity (Wildman–Crippen MR) is 75.3 cm³/mol. The fourth-order valence-corrected chi connectivity index (χ4v) is 3.25. The highest BCUT2D eigenvalue weighted by atomic mass is 79.9. The van der Waals surface area contributed by atoms with Crippen LogP contribution in [-0.2, 0) is 22.3 Å². The number of hydrogen-bond acceptors (Lipinski definition) is 3. The van der Waals surface area contributed by atoms with Gasteiger partial charge in [-0.3, -0.25) is 4.68 Å². The summed E-state index contributed by atoms with van der Waals surface area (Å²) >= 11 is 9.24. The second-order valence-corrected chi connectivity index (χ2v) is 6.96. The molecular formula is C10H9BrClF2N3O2S. The van der Waals surface area contributed by atoms with Gasteiger partial charge < -0.3 is 0 Å². The van der Waals surface area contributed by atoms with Crippen LogP contribution in [0.25, 0.3) is 10.9 Å². The van der Waals surface area contributed by atoms with E-state index in [1.807, 2.05) is 0 Å². The molecule has 0 amide bonds. The molecule has 20 heavy (non-hydrogen) atoms. The van der Waals surface area contributed by atoms with Gasteiger partial charge in [-0.25, -0.2) is 22.3 Å². The van der Waals surface area contributed by atoms with E-state index in [4.69, 9.17) is 16.7 Å². The van der Waals surface area contributed by atoms with E-state index in [1.165, 1.54) is 6.07 Å². The molecule has 0 bridgehead atoms. The van der Waals surface area contributed by atoms with Crippen LogP contribution in [0.2, 0.25) is 5.02 Å². The number of alkyl halides is 2. The van der Waals surface area contributed by atoms with Gasteiger partial charge in [-0.15, -0.1) is 0 Å². The number of aromatic nitrogens is 2. The average Bonchev–Trinajstić information content (AvgIpc) is 2.60. The average molecular weight is 389 g/mol. The Morgan fingerprint density at radius 3 is 2.65 bits per heavy atom. The van der Waals surface area contributed by atoms with Gasteiger partial charge in [0, 0.05) is 9.86 Å². The van der Waals surface area contributed by atoms with Crippen molar-refractivity contribution in [3.8, 4) is 0 Å². The molecule has 0 saturated heterocycles. The minimum atomic E-state index is -3.85. The Bertz CT molecular complexity index is 763. The number of hydrogen-bond donors (Lipinski definition) is 1. The number of sulfonamides is 1. The van der Waals surface area contributed by atoms with Crippen molar-refractivity contribution in [2.45, 2.75) is 18.7 Å². The van der Waals surface area contributed by atoms with Crippen molar-refractivity contribution in [2.75, 3.05) is 0 Å². The van der Waals surface area contributed by atoms with Gasteiger partial charge in [-0.1, -0.05) is 11.6 Å². The van der Waals surface area contributed by atoms with Crippen LogP contribution in [0.5, 0.6) is 0 Å². The maximum Gasteiger partial charge on any atom is 0.257 e. The van der Waals surface area contributed by atoms with E-state index in [2.05, 4.69) is 21.0 Å². The smallest absolute Gasteiger partial charge is 0.257 e. The molecule has 0 spiro atoms. The third kappa shape index (κ3) is 3.27. The molecule has 0 unspecified atom stereocenters. The Morgan fingerprint density at radius 2 is 2.10 bits per heavy atom. The number of primary sulfonamides is 1. The molecule has 1 aromatic heterocycles. The summed E-state index contributed by atoms with van der Waals surface area (Å²) in [6.07, 6.45) is -2.63. The second kappa shape index (κ2) is 5.55. The normalized spacial score (nSPS) is 12.5. The van der Waals surface area contributed by atoms with Crippen molar-refractivity contribution in [2.24, 2.45) is 5.14 Å². The van der Waals surface area contributed by atoms with E-state index >= 15 is 0 Å². The number of halogens is 4. The van der Waals surface area contributed by atoms with Crippen LogP contribution >= 0.6 is 27.5 Å². The molecule has 0 fully saturated rings. The van der Waals surface area contributed by atoms with Gasteiger partial charge in [0.1, 0.15) is 12.3 Å². The highest BCUT2D eigenvalue weighted by Gasteiger charge is 2.21. The van der Waals surface area contributed by atoms with Gasteiger partial charge >= 0.3 is 0 Å². The summed E-state index contributed by atoms with van der Waals surface area (Å²) in [6, 6.07) is 3.10. The van der Waals surface area contributed by atoms with E-state index < -0.39 is 28.7 Å². The lowest BCUT2D eigenvalue weighted by atomic mass is 10.2. The Balaban J connectivity index is 2.73. The van der Waals surface area contributed by atoms with Crippen LogP contribution in [0.4, 0.5) is 8.78 Å². The van der Waals surface area contributed by atoms with E-state index in [9.17, 15) is 17.2 Å². The van der Waals surface area contributed by atoms with Crippen LogP contribution in [-0.4, -0.2) is 24.6 Å². The molecule has 1 aromatic carbocycles. The molecule has 1 heterocycles. The molecule has 0 saturated carbocycles. The summed E-state index contributed by atoms with van der Waals surface area (Å²) in [5.74, 6) is -0.574. The maximum atomic E-state index is 12.6. The Morgan fingerprint density at radius 1 is 1.45 bits per heavy atom. The molecule has 0 aliphatic heterocycles. The molecule has 110 valence electrons. The number of nitrogens with two attached hydrogens (primary N) is 1. The first-order valence-electron chi connectivity index (χ1n) is 5.31. The number of nitrogens with zero attached hydrogens (tertiary/aromatic N) is 2. The summed E-state index contributed by atoms with van der Waals surface area (Å²) in [5, 5.41) is 9.40. The van der Waals surface area contributed by atoms with Gasteiger partial charge in [0.2, 0.25) is 10.0 Å². The molecule has 0 radical (unpaired) electrons. The minimum Gasteiger partial charge on any atom is -0.258 e. The summed E-state index contributed by atoms with van der Waals surface area (Å²) in [6.45, 7) is -0.667. The lowest BCUT2D eigenvalue weighted by molar-refractivity contribution is 0.123. The first kappa shape index (κ1) is 15.6. The fourth-order valence-electron chi connectivity index (χ4n) is 1.87. The van der Waals surface area contributed by atoms with Crippen molar-refractivity contribution >= 4 is 48.5 Å². The fraction of sp³-hybridized carbons (Fsp3) is 0.300. The number of fused-ring (bicyclic) bond motifs is 1. The first-order chi connectivity index (χ1) is 9.19. The first-order valence-corrected chi connectivity index (χ1v) is 8.19. The molecule has 2 aromatic rings. The summed E-state index contributed by atoms with van der Waals surface area (Å²) in [5.41, 5.74) is 0.367. The second-order valence-electron chi connectivity index (χ2n) is 4.08. The van der Waals surface area contributed by atoms with Crippen LogP contribution in [0.3, 0.4) is 0 Å². The Kier molecular flexibility index (Phi) is 4.33. The largest absolute Gasteiger partial charge is 0.258 e. The third-order valence-electron chi connectivity index (χ3n) is 2.51. The van der Waals surface area contributed by atoms with E-state index in [1.54, 1.807) is 6.07 Å². The summed E-state index contributed by atoms with van der Waals surface area (Å²) in [4.78, 5) is 0. The van der Waals surface area contributed by atoms with Gasteiger partial charge in [0.05, 0.1) is 16.2 Å². The van der Waals surface area contributed by atoms with Crippen LogP contribution in [0.15, 0.2) is 16.6 Å². The summed E-state index contributed by atoms with van der Waals surface area (Å²) in [7, 11) is -3.85. The van der Waals surface area contributed by atoms with E-state index in [-0.39, 0.29) is 10.7 Å². The van der Waals surface area contributed by atoms with E-state index in [0.717, 1.165) is 4.68 Å². The van der Waals surface area contributed by atoms with Crippen molar-refractivity contribution < 1.29 is 17.2 Å². The van der Waals surface area contributed by atoms with Crippen molar-refractivity contribution in [3.63, 3.8) is 0 Å². The Labute approximate surface area is 126 Å². The quantitative estimate of drug-likeness (QED) is 0.874. The SMILES string of the molecule is NS(=O)(=O)Cc1nn(CC(F)F)c2c(Br)ccc(Cl)c12. The van der Waals surface area contributed by atoms with Crippen molar-refractivity contribution in [1.82, 2.24) is 9.78 Å². The molecule has 10 heteroatoms. The van der Waals surface area contributed by atoms with Crippen LogP contribution < -0.4 is 5.14 Å². The molecule has 2 rings (SSSR count). The van der Waals surface area contributed by atoms with Gasteiger partial charge in [-0.2, -0.15) is 5.10 Å². The minimum absolute atomic E-state index is 0.0504. The number of benzene rings is 1. The highest BCUT2D eigenvalue weighted by Crippen LogP contribution is 2.33. The molecule has 0 aliphatic carbocycles. The highest BCUT2D eigenvalue weighted by molar-refractivity contribution is 9.10. The van der Waals surface area contributed by atoms with Gasteiger partial charge in [-0.05, 0) is 28.1 Å².